The highest BCUT2D eigenvalue weighted by atomic mass is 32.2. The summed E-state index contributed by atoms with van der Waals surface area (Å²) in [6.07, 6.45) is 6.58. The molecule has 36 heavy (non-hydrogen) atoms. The van der Waals surface area contributed by atoms with Crippen LogP contribution in [0.5, 0.6) is 5.75 Å². The van der Waals surface area contributed by atoms with Gasteiger partial charge in [-0.15, -0.1) is 0 Å². The molecule has 0 saturated carbocycles. The molecule has 2 aromatic heterocycles. The number of nitrogens with two attached hydrogens (primary N) is 1. The minimum Gasteiger partial charge on any atom is -0.486 e. The summed E-state index contributed by atoms with van der Waals surface area (Å²) in [6, 6.07) is 2.38. The summed E-state index contributed by atoms with van der Waals surface area (Å²) in [5.74, 6) is 2.92. The van der Waals surface area contributed by atoms with Gasteiger partial charge in [0.05, 0.1) is 43.6 Å². The van der Waals surface area contributed by atoms with Crippen molar-refractivity contribution < 1.29 is 19.3 Å². The van der Waals surface area contributed by atoms with Crippen molar-refractivity contribution in [2.75, 3.05) is 63.0 Å². The molecule has 0 aromatic carbocycles. The van der Waals surface area contributed by atoms with E-state index in [-0.39, 0.29) is 18.1 Å². The molecule has 3 N–H and O–H groups in total. The molecule has 0 amide bonds. The number of ether oxygens (including phenoxy) is 3. The van der Waals surface area contributed by atoms with Gasteiger partial charge in [-0.05, 0) is 25.3 Å². The number of nitrogens with zero attached hydrogens (tertiary/aromatic N) is 5. The molecule has 3 saturated heterocycles. The summed E-state index contributed by atoms with van der Waals surface area (Å²) in [4.78, 5) is 19.7. The van der Waals surface area contributed by atoms with Crippen molar-refractivity contribution in [2.24, 2.45) is 17.1 Å². The predicted octanol–water partition coefficient (Wildman–Crippen LogP) is 1.69. The number of pyridine rings is 1. The van der Waals surface area contributed by atoms with E-state index in [2.05, 4.69) is 14.8 Å². The summed E-state index contributed by atoms with van der Waals surface area (Å²) in [5, 5.41) is 10.8. The fourth-order valence-electron chi connectivity index (χ4n) is 6.09. The van der Waals surface area contributed by atoms with Crippen LogP contribution in [-0.4, -0.2) is 85.3 Å². The summed E-state index contributed by atoms with van der Waals surface area (Å²) in [5.41, 5.74) is 7.00. The molecule has 11 heteroatoms. The van der Waals surface area contributed by atoms with Crippen molar-refractivity contribution in [2.45, 2.75) is 47.9 Å². The van der Waals surface area contributed by atoms with Crippen molar-refractivity contribution >= 4 is 23.4 Å². The molecule has 0 aliphatic carbocycles. The summed E-state index contributed by atoms with van der Waals surface area (Å²) in [7, 11) is 1.75. The highest BCUT2D eigenvalue weighted by Gasteiger charge is 2.44. The number of aliphatic hydroxyl groups is 1. The zero-order chi connectivity index (χ0) is 24.7. The molecule has 0 radical (unpaired) electrons. The van der Waals surface area contributed by atoms with Crippen molar-refractivity contribution in [1.29, 1.82) is 0 Å². The number of piperidine rings is 1. The van der Waals surface area contributed by atoms with Gasteiger partial charge in [0.1, 0.15) is 17.3 Å². The van der Waals surface area contributed by atoms with E-state index >= 15 is 0 Å². The molecule has 1 spiro atoms. The number of hydrogen-bond acceptors (Lipinski definition) is 11. The molecule has 6 rings (SSSR count). The van der Waals surface area contributed by atoms with Gasteiger partial charge in [0, 0.05) is 50.3 Å². The average molecular weight is 515 g/mol. The van der Waals surface area contributed by atoms with Gasteiger partial charge in [-0.1, -0.05) is 11.8 Å². The minimum absolute atomic E-state index is 0.0669. The van der Waals surface area contributed by atoms with E-state index in [1.165, 1.54) is 11.8 Å². The second-order valence-electron chi connectivity index (χ2n) is 10.3. The Kier molecular flexibility index (Phi) is 6.67. The number of anilines is 2. The molecule has 2 aromatic rings. The van der Waals surface area contributed by atoms with Gasteiger partial charge < -0.3 is 34.9 Å². The third-order valence-corrected chi connectivity index (χ3v) is 9.09. The van der Waals surface area contributed by atoms with Gasteiger partial charge in [-0.25, -0.2) is 15.0 Å². The monoisotopic (exact) mass is 514 g/mol. The zero-order valence-electron chi connectivity index (χ0n) is 20.6. The predicted molar refractivity (Wildman–Crippen MR) is 136 cm³/mol. The minimum atomic E-state index is -0.164. The molecule has 0 bridgehead atoms. The van der Waals surface area contributed by atoms with Gasteiger partial charge in [-0.3, -0.25) is 0 Å². The van der Waals surface area contributed by atoms with Gasteiger partial charge in [-0.2, -0.15) is 0 Å². The molecule has 4 aliphatic rings. The van der Waals surface area contributed by atoms with Crippen LogP contribution in [0.15, 0.2) is 28.4 Å². The first-order valence-electron chi connectivity index (χ1n) is 12.7. The van der Waals surface area contributed by atoms with Crippen molar-refractivity contribution in [3.63, 3.8) is 0 Å². The lowest BCUT2D eigenvalue weighted by Crippen LogP contribution is -2.49. The van der Waals surface area contributed by atoms with E-state index in [1.54, 1.807) is 13.3 Å². The average Bonchev–Trinajstić information content (AvgIpc) is 3.48. The van der Waals surface area contributed by atoms with Gasteiger partial charge in [0.15, 0.2) is 17.4 Å². The van der Waals surface area contributed by atoms with Crippen LogP contribution in [0, 0.1) is 11.3 Å². The maximum absolute atomic E-state index is 10.1. The second-order valence-corrected chi connectivity index (χ2v) is 11.4. The van der Waals surface area contributed by atoms with Crippen molar-refractivity contribution in [1.82, 2.24) is 15.0 Å². The van der Waals surface area contributed by atoms with Crippen LogP contribution >= 0.6 is 11.8 Å². The van der Waals surface area contributed by atoms with Crippen LogP contribution in [0.1, 0.15) is 25.0 Å². The Morgan fingerprint density at radius 1 is 1.25 bits per heavy atom. The maximum Gasteiger partial charge on any atom is 0.175 e. The lowest BCUT2D eigenvalue weighted by molar-refractivity contribution is 0.131. The quantitative estimate of drug-likeness (QED) is 0.586. The Bertz CT molecular complexity index is 1100. The molecule has 3 fully saturated rings. The van der Waals surface area contributed by atoms with E-state index < -0.39 is 0 Å². The number of fused-ring (bicyclic) bond motifs is 3. The highest BCUT2D eigenvalue weighted by Crippen LogP contribution is 2.45. The fourth-order valence-corrected chi connectivity index (χ4v) is 6.95. The Labute approximate surface area is 215 Å². The first-order chi connectivity index (χ1) is 17.6. The van der Waals surface area contributed by atoms with Crippen LogP contribution < -0.4 is 20.3 Å². The molecule has 0 unspecified atom stereocenters. The van der Waals surface area contributed by atoms with Gasteiger partial charge in [0.25, 0.3) is 0 Å². The summed E-state index contributed by atoms with van der Waals surface area (Å²) in [6.45, 7) is 5.19. The largest absolute Gasteiger partial charge is 0.486 e. The topological polar surface area (TPSA) is 119 Å². The first-order valence-corrected chi connectivity index (χ1v) is 13.5. The van der Waals surface area contributed by atoms with E-state index in [0.717, 1.165) is 79.4 Å². The van der Waals surface area contributed by atoms with E-state index in [0.29, 0.717) is 30.9 Å². The normalized spacial score (nSPS) is 26.7. The van der Waals surface area contributed by atoms with E-state index in [9.17, 15) is 5.11 Å². The SMILES string of the molecule is COC[C@@H]1C[C@H]2COc3c(Sc4cnc(N5CCC6(CC5)COC[C@H]6N)c(CO)n4)ccnc3N2C1. The highest BCUT2D eigenvalue weighted by molar-refractivity contribution is 7.99. The van der Waals surface area contributed by atoms with Crippen LogP contribution in [-0.2, 0) is 16.1 Å². The number of aromatic nitrogens is 3. The third kappa shape index (κ3) is 4.30. The molecular formula is C25H34N6O4S. The number of rotatable bonds is 6. The van der Waals surface area contributed by atoms with E-state index in [4.69, 9.17) is 29.9 Å². The number of hydrogen-bond donors (Lipinski definition) is 2. The standard InChI is InChI=1S/C25H34N6O4S/c1-33-12-16-8-17-13-35-22-19(2-5-27-24(22)31(17)10-16)36-21-9-28-23(18(11-32)29-21)30-6-3-25(4-7-30)15-34-14-20(25)26/h2,5,9,16-17,20,32H,3-4,6-8,10-15,26H2,1H3/t16-,17+,20-/m1/s1. The van der Waals surface area contributed by atoms with Crippen LogP contribution in [0.25, 0.3) is 0 Å². The molecule has 6 heterocycles. The lowest BCUT2D eigenvalue weighted by Gasteiger charge is -2.41. The fraction of sp³-hybridized carbons (Fsp3) is 0.640. The smallest absolute Gasteiger partial charge is 0.175 e. The second kappa shape index (κ2) is 9.94. The van der Waals surface area contributed by atoms with Crippen molar-refractivity contribution in [3.05, 3.63) is 24.2 Å². The molecule has 10 nitrogen and oxygen atoms in total. The summed E-state index contributed by atoms with van der Waals surface area (Å²) < 4.78 is 17.2. The molecule has 194 valence electrons. The molecule has 4 aliphatic heterocycles. The Morgan fingerprint density at radius 3 is 2.86 bits per heavy atom. The number of aliphatic hydroxyl groups excluding tert-OH is 1. The van der Waals surface area contributed by atoms with Gasteiger partial charge >= 0.3 is 0 Å². The Balaban J connectivity index is 1.18. The Morgan fingerprint density at radius 2 is 2.11 bits per heavy atom. The first kappa shape index (κ1) is 24.2. The third-order valence-electron chi connectivity index (χ3n) is 8.14. The number of methoxy groups -OCH3 is 1. The molecule has 3 atom stereocenters. The van der Waals surface area contributed by atoms with Crippen LogP contribution in [0.2, 0.25) is 0 Å². The van der Waals surface area contributed by atoms with Crippen LogP contribution in [0.3, 0.4) is 0 Å². The van der Waals surface area contributed by atoms with Crippen LogP contribution in [0.4, 0.5) is 11.6 Å². The van der Waals surface area contributed by atoms with Gasteiger partial charge in [0.2, 0.25) is 0 Å². The maximum atomic E-state index is 10.1. The van der Waals surface area contributed by atoms with Crippen molar-refractivity contribution in [3.8, 4) is 5.75 Å². The zero-order valence-corrected chi connectivity index (χ0v) is 21.5. The molecular weight excluding hydrogens is 480 g/mol. The Hall–Kier alpha value is -2.18. The lowest BCUT2D eigenvalue weighted by atomic mass is 9.75. The van der Waals surface area contributed by atoms with E-state index in [1.807, 2.05) is 12.3 Å². The summed E-state index contributed by atoms with van der Waals surface area (Å²) >= 11 is 1.50.